The largest absolute Gasteiger partial charge is 0.236 e. The van der Waals surface area contributed by atoms with Gasteiger partial charge >= 0.3 is 0 Å². The van der Waals surface area contributed by atoms with Crippen LogP contribution in [0.3, 0.4) is 0 Å². The summed E-state index contributed by atoms with van der Waals surface area (Å²) in [4.78, 5) is 5.04. The van der Waals surface area contributed by atoms with E-state index in [1.807, 2.05) is 0 Å². The van der Waals surface area contributed by atoms with Crippen molar-refractivity contribution in [2.75, 3.05) is 0 Å². The lowest BCUT2D eigenvalue weighted by Crippen LogP contribution is -1.98. The molecule has 12 rings (SSSR count). The van der Waals surface area contributed by atoms with Crippen molar-refractivity contribution in [2.45, 2.75) is 0 Å². The van der Waals surface area contributed by atoms with Crippen LogP contribution in [0.4, 0.5) is 0 Å². The van der Waals surface area contributed by atoms with Crippen molar-refractivity contribution < 1.29 is 0 Å². The molecule has 1 aromatic heterocycles. The van der Waals surface area contributed by atoms with Gasteiger partial charge in [-0.05, 0) is 130 Å². The number of rotatable bonds is 8. The summed E-state index contributed by atoms with van der Waals surface area (Å²) in [5.41, 5.74) is 18.9. The van der Waals surface area contributed by atoms with Crippen LogP contribution in [0.1, 0.15) is 0 Å². The second-order valence-corrected chi connectivity index (χ2v) is 17.6. The zero-order chi connectivity index (χ0) is 43.1. The summed E-state index contributed by atoms with van der Waals surface area (Å²) >= 11 is 1.75. The molecule has 0 fully saturated rings. The average molecular weight is 844 g/mol. The van der Waals surface area contributed by atoms with Crippen LogP contribution in [-0.2, 0) is 0 Å². The lowest BCUT2D eigenvalue weighted by Gasteiger charge is -2.25. The Kier molecular flexibility index (Phi) is 9.78. The molecule has 1 nitrogen and oxygen atoms in total. The number of hydrogen-bond donors (Lipinski definition) is 0. The Morgan fingerprint density at radius 3 is 1.12 bits per heavy atom. The number of benzene rings is 11. The molecule has 304 valence electrons. The van der Waals surface area contributed by atoms with Crippen molar-refractivity contribution in [3.05, 3.63) is 249 Å². The van der Waals surface area contributed by atoms with Crippen LogP contribution < -0.4 is 0 Å². The van der Waals surface area contributed by atoms with Gasteiger partial charge < -0.3 is 0 Å². The fourth-order valence-electron chi connectivity index (χ4n) is 9.85. The van der Waals surface area contributed by atoms with E-state index >= 15 is 0 Å². The minimum Gasteiger partial charge on any atom is -0.236 e. The minimum absolute atomic E-state index is 1.03. The van der Waals surface area contributed by atoms with Gasteiger partial charge in [-0.3, -0.25) is 0 Å². The first kappa shape index (κ1) is 38.5. The zero-order valence-electron chi connectivity index (χ0n) is 35.5. The first-order valence-electron chi connectivity index (χ1n) is 22.2. The predicted molar refractivity (Wildman–Crippen MR) is 278 cm³/mol. The maximum Gasteiger partial charge on any atom is 0.124 e. The number of hydrogen-bond acceptors (Lipinski definition) is 2. The number of nitrogens with zero attached hydrogens (tertiary/aromatic N) is 1. The summed E-state index contributed by atoms with van der Waals surface area (Å²) in [7, 11) is 0. The Morgan fingerprint density at radius 2 is 0.615 bits per heavy atom. The summed E-state index contributed by atoms with van der Waals surface area (Å²) in [6.45, 7) is 0. The molecule has 0 amide bonds. The lowest BCUT2D eigenvalue weighted by atomic mass is 9.78. The van der Waals surface area contributed by atoms with Gasteiger partial charge in [-0.15, -0.1) is 11.3 Å². The number of thiazole rings is 1. The van der Waals surface area contributed by atoms with Crippen molar-refractivity contribution in [2.24, 2.45) is 0 Å². The standard InChI is InChI=1S/C63H41NS/c1-5-21-42(22-6-1)54-41-55(61(44-25-9-3-10-26-44)62(45-27-11-4-12-28-45)60(54)43-23-7-2-8-24-43)46-29-19-30-47(39-46)58-50-33-13-15-35-52(50)59(53-36-16-14-34-51(53)58)48-31-20-32-49(40-48)63-64-56-37-17-18-38-57(56)65-63/h1-41H. The van der Waals surface area contributed by atoms with Crippen LogP contribution in [0, 0.1) is 0 Å². The van der Waals surface area contributed by atoms with Crippen LogP contribution in [0.25, 0.3) is 120 Å². The quantitative estimate of drug-likeness (QED) is 0.139. The Labute approximate surface area is 383 Å². The van der Waals surface area contributed by atoms with Crippen molar-refractivity contribution in [1.29, 1.82) is 0 Å². The third kappa shape index (κ3) is 6.93. The molecule has 11 aromatic carbocycles. The summed E-state index contributed by atoms with van der Waals surface area (Å²) < 4.78 is 1.20. The molecule has 12 aromatic rings. The topological polar surface area (TPSA) is 12.9 Å². The zero-order valence-corrected chi connectivity index (χ0v) is 36.3. The molecule has 2 heteroatoms. The van der Waals surface area contributed by atoms with E-state index in [1.54, 1.807) is 11.3 Å². The summed E-state index contributed by atoms with van der Waals surface area (Å²) in [6, 6.07) is 90.6. The van der Waals surface area contributed by atoms with Crippen molar-refractivity contribution >= 4 is 43.1 Å². The number of aromatic nitrogens is 1. The molecule has 0 saturated carbocycles. The van der Waals surface area contributed by atoms with E-state index in [2.05, 4.69) is 249 Å². The molecule has 0 aliphatic heterocycles. The van der Waals surface area contributed by atoms with E-state index in [0.717, 1.165) is 21.7 Å². The molecule has 0 aliphatic rings. The highest BCUT2D eigenvalue weighted by atomic mass is 32.1. The third-order valence-corrected chi connectivity index (χ3v) is 13.8. The van der Waals surface area contributed by atoms with Gasteiger partial charge in [-0.2, -0.15) is 0 Å². The maximum atomic E-state index is 5.04. The Morgan fingerprint density at radius 1 is 0.246 bits per heavy atom. The molecule has 0 atom stereocenters. The molecule has 1 heterocycles. The highest BCUT2D eigenvalue weighted by molar-refractivity contribution is 7.21. The monoisotopic (exact) mass is 843 g/mol. The molecule has 0 spiro atoms. The molecule has 0 radical (unpaired) electrons. The van der Waals surface area contributed by atoms with Crippen LogP contribution in [-0.4, -0.2) is 4.98 Å². The highest BCUT2D eigenvalue weighted by Crippen LogP contribution is 2.51. The first-order chi connectivity index (χ1) is 32.3. The van der Waals surface area contributed by atoms with Crippen molar-refractivity contribution in [3.63, 3.8) is 0 Å². The van der Waals surface area contributed by atoms with Gasteiger partial charge in [-0.25, -0.2) is 4.98 Å². The fraction of sp³-hybridized carbons (Fsp3) is 0. The molecule has 0 aliphatic carbocycles. The molecule has 65 heavy (non-hydrogen) atoms. The Balaban J connectivity index is 1.12. The van der Waals surface area contributed by atoms with Gasteiger partial charge in [0.1, 0.15) is 5.01 Å². The predicted octanol–water partition coefficient (Wildman–Crippen LogP) is 17.9. The molecule has 0 unspecified atom stereocenters. The van der Waals surface area contributed by atoms with Crippen LogP contribution >= 0.6 is 11.3 Å². The molecule has 0 bridgehead atoms. The molecule has 0 saturated heterocycles. The summed E-state index contributed by atoms with van der Waals surface area (Å²) in [5, 5.41) is 5.93. The second kappa shape index (κ2) is 16.5. The van der Waals surface area contributed by atoms with E-state index in [1.165, 1.54) is 98.6 Å². The Bertz CT molecular complexity index is 3590. The summed E-state index contributed by atoms with van der Waals surface area (Å²) in [6.07, 6.45) is 0. The van der Waals surface area contributed by atoms with Gasteiger partial charge in [0.15, 0.2) is 0 Å². The minimum atomic E-state index is 1.03. The van der Waals surface area contributed by atoms with Gasteiger partial charge in [0.05, 0.1) is 10.2 Å². The number of fused-ring (bicyclic) bond motifs is 3. The van der Waals surface area contributed by atoms with Crippen LogP contribution in [0.5, 0.6) is 0 Å². The van der Waals surface area contributed by atoms with Crippen LogP contribution in [0.2, 0.25) is 0 Å². The lowest BCUT2D eigenvalue weighted by molar-refractivity contribution is 1.48. The van der Waals surface area contributed by atoms with Crippen molar-refractivity contribution in [1.82, 2.24) is 4.98 Å². The maximum absolute atomic E-state index is 5.04. The highest BCUT2D eigenvalue weighted by Gasteiger charge is 2.25. The van der Waals surface area contributed by atoms with E-state index in [4.69, 9.17) is 4.98 Å². The summed E-state index contributed by atoms with van der Waals surface area (Å²) in [5.74, 6) is 0. The molecular formula is C63H41NS. The first-order valence-corrected chi connectivity index (χ1v) is 23.0. The normalized spacial score (nSPS) is 11.4. The number of para-hydroxylation sites is 1. The van der Waals surface area contributed by atoms with Gasteiger partial charge in [0.25, 0.3) is 0 Å². The smallest absolute Gasteiger partial charge is 0.124 e. The van der Waals surface area contributed by atoms with E-state index in [-0.39, 0.29) is 0 Å². The molecule has 0 N–H and O–H groups in total. The molecular weight excluding hydrogens is 803 g/mol. The SMILES string of the molecule is c1ccc(-c2cc(-c3cccc(-c4c5ccccc5c(-c5cccc(-c6nc7ccccc7s6)c5)c5ccccc45)c3)c(-c3ccccc3)c(-c3ccccc3)c2-c2ccccc2)cc1. The van der Waals surface area contributed by atoms with E-state index in [9.17, 15) is 0 Å². The third-order valence-electron chi connectivity index (χ3n) is 12.7. The Hall–Kier alpha value is -8.17. The fourth-order valence-corrected chi connectivity index (χ4v) is 10.8. The van der Waals surface area contributed by atoms with E-state index in [0.29, 0.717) is 0 Å². The van der Waals surface area contributed by atoms with Gasteiger partial charge in [-0.1, -0.05) is 218 Å². The van der Waals surface area contributed by atoms with E-state index < -0.39 is 0 Å². The van der Waals surface area contributed by atoms with Gasteiger partial charge in [0, 0.05) is 5.56 Å². The second-order valence-electron chi connectivity index (χ2n) is 16.6. The van der Waals surface area contributed by atoms with Gasteiger partial charge in [0.2, 0.25) is 0 Å². The van der Waals surface area contributed by atoms with Crippen LogP contribution in [0.15, 0.2) is 249 Å². The van der Waals surface area contributed by atoms with Crippen molar-refractivity contribution in [3.8, 4) is 88.5 Å². The average Bonchev–Trinajstić information content (AvgIpc) is 3.83.